The molecule has 0 aliphatic carbocycles. The Bertz CT molecular complexity index is 1410. The van der Waals surface area contributed by atoms with Crippen molar-refractivity contribution in [2.24, 2.45) is 0 Å². The van der Waals surface area contributed by atoms with Crippen molar-refractivity contribution in [2.75, 3.05) is 0 Å². The number of hydrogen-bond donors (Lipinski definition) is 2. The second-order valence-corrected chi connectivity index (χ2v) is 6.94. The number of hydrazine groups is 1. The molecule has 0 fully saturated rings. The number of carbonyl (C=O) groups is 2. The molecule has 0 radical (unpaired) electrons. The highest BCUT2D eigenvalue weighted by atomic mass is 16.3. The number of imidazole rings is 1. The monoisotopic (exact) mass is 423 g/mol. The van der Waals surface area contributed by atoms with Crippen molar-refractivity contribution < 1.29 is 14.0 Å². The highest BCUT2D eigenvalue weighted by Gasteiger charge is 2.17. The highest BCUT2D eigenvalue weighted by Crippen LogP contribution is 2.25. The minimum atomic E-state index is -0.496. The molecule has 5 aromatic rings. The summed E-state index contributed by atoms with van der Waals surface area (Å²) in [6.45, 7) is 0. The molecule has 156 valence electrons. The zero-order chi connectivity index (χ0) is 21.9. The van der Waals surface area contributed by atoms with E-state index in [4.69, 9.17) is 4.42 Å². The number of aromatic nitrogens is 3. The van der Waals surface area contributed by atoms with Crippen LogP contribution in [0.25, 0.3) is 28.0 Å². The standard InChI is InChI=1S/C24H17N5O3/c30-23(27-28-24(31)21-14-25-15-29(21)16-7-2-1-3-8-16)18-13-20(22-11-6-12-32-22)26-19-10-5-4-9-17(18)19/h1-15H,(H,27,30)(H,28,31). The Morgan fingerprint density at radius 2 is 1.66 bits per heavy atom. The number of benzene rings is 2. The normalized spacial score (nSPS) is 10.8. The van der Waals surface area contributed by atoms with Gasteiger partial charge in [0.2, 0.25) is 0 Å². The molecule has 0 unspecified atom stereocenters. The number of amides is 2. The third-order valence-electron chi connectivity index (χ3n) is 4.93. The van der Waals surface area contributed by atoms with Gasteiger partial charge in [0.1, 0.15) is 11.4 Å². The zero-order valence-electron chi connectivity index (χ0n) is 16.7. The van der Waals surface area contributed by atoms with Crippen LogP contribution in [0.2, 0.25) is 0 Å². The minimum Gasteiger partial charge on any atom is -0.463 e. The first-order valence-electron chi connectivity index (χ1n) is 9.83. The van der Waals surface area contributed by atoms with Gasteiger partial charge < -0.3 is 4.42 Å². The van der Waals surface area contributed by atoms with Gasteiger partial charge in [-0.2, -0.15) is 0 Å². The molecule has 0 bridgehead atoms. The van der Waals surface area contributed by atoms with Gasteiger partial charge in [0, 0.05) is 11.1 Å². The Labute approximate surface area is 182 Å². The number of pyridine rings is 1. The largest absolute Gasteiger partial charge is 0.463 e. The molecule has 8 nitrogen and oxygen atoms in total. The van der Waals surface area contributed by atoms with Crippen LogP contribution in [0.15, 0.2) is 96.0 Å². The molecule has 0 saturated heterocycles. The molecule has 8 heteroatoms. The SMILES string of the molecule is O=C(NNC(=O)c1cncn1-c1ccccc1)c1cc(-c2ccco2)nc2ccccc12. The van der Waals surface area contributed by atoms with Gasteiger partial charge >= 0.3 is 0 Å². The zero-order valence-corrected chi connectivity index (χ0v) is 16.7. The topological polar surface area (TPSA) is 102 Å². The van der Waals surface area contributed by atoms with Gasteiger partial charge in [0.15, 0.2) is 5.76 Å². The minimum absolute atomic E-state index is 0.285. The van der Waals surface area contributed by atoms with E-state index in [1.54, 1.807) is 35.1 Å². The fraction of sp³-hybridized carbons (Fsp3) is 0. The van der Waals surface area contributed by atoms with Crippen molar-refractivity contribution in [3.8, 4) is 17.1 Å². The number of rotatable bonds is 4. The molecular weight excluding hydrogens is 406 g/mol. The highest BCUT2D eigenvalue weighted by molar-refractivity contribution is 6.08. The summed E-state index contributed by atoms with van der Waals surface area (Å²) in [7, 11) is 0. The van der Waals surface area contributed by atoms with Gasteiger partial charge in [-0.1, -0.05) is 36.4 Å². The maximum atomic E-state index is 13.0. The first kappa shape index (κ1) is 19.3. The molecule has 0 aliphatic heterocycles. The number of hydrogen-bond acceptors (Lipinski definition) is 5. The number of furan rings is 1. The molecule has 0 spiro atoms. The van der Waals surface area contributed by atoms with Crippen LogP contribution in [-0.2, 0) is 0 Å². The lowest BCUT2D eigenvalue weighted by Crippen LogP contribution is -2.42. The first-order chi connectivity index (χ1) is 15.7. The molecule has 0 aliphatic rings. The average Bonchev–Trinajstić information content (AvgIpc) is 3.55. The van der Waals surface area contributed by atoms with E-state index in [9.17, 15) is 9.59 Å². The van der Waals surface area contributed by atoms with E-state index in [0.717, 1.165) is 5.69 Å². The number of carbonyl (C=O) groups excluding carboxylic acids is 2. The lowest BCUT2D eigenvalue weighted by Gasteiger charge is -2.12. The molecule has 32 heavy (non-hydrogen) atoms. The third-order valence-corrected chi connectivity index (χ3v) is 4.93. The predicted octanol–water partition coefficient (Wildman–Crippen LogP) is 3.76. The molecule has 0 saturated carbocycles. The maximum absolute atomic E-state index is 13.0. The Morgan fingerprint density at radius 1 is 0.875 bits per heavy atom. The van der Waals surface area contributed by atoms with Gasteiger partial charge in [0.25, 0.3) is 11.8 Å². The summed E-state index contributed by atoms with van der Waals surface area (Å²) < 4.78 is 7.07. The van der Waals surface area contributed by atoms with Crippen molar-refractivity contribution in [3.05, 3.63) is 103 Å². The molecule has 3 heterocycles. The molecule has 5 rings (SSSR count). The second-order valence-electron chi connectivity index (χ2n) is 6.94. The maximum Gasteiger partial charge on any atom is 0.288 e. The number of para-hydroxylation sites is 2. The van der Waals surface area contributed by atoms with Gasteiger partial charge in [-0.3, -0.25) is 25.0 Å². The Balaban J connectivity index is 1.41. The molecule has 2 amide bonds. The Kier molecular flexibility index (Phi) is 4.93. The van der Waals surface area contributed by atoms with Gasteiger partial charge in [-0.25, -0.2) is 9.97 Å². The van der Waals surface area contributed by atoms with E-state index in [1.165, 1.54) is 12.5 Å². The average molecular weight is 423 g/mol. The van der Waals surface area contributed by atoms with Gasteiger partial charge in [0.05, 0.1) is 29.9 Å². The van der Waals surface area contributed by atoms with Crippen LogP contribution in [0, 0.1) is 0 Å². The first-order valence-corrected chi connectivity index (χ1v) is 9.83. The second kappa shape index (κ2) is 8.19. The summed E-state index contributed by atoms with van der Waals surface area (Å²) in [6.07, 6.45) is 4.52. The Morgan fingerprint density at radius 3 is 2.47 bits per heavy atom. The van der Waals surface area contributed by atoms with Crippen LogP contribution in [0.1, 0.15) is 20.8 Å². The number of nitrogens with zero attached hydrogens (tertiary/aromatic N) is 3. The Hall–Kier alpha value is -4.72. The summed E-state index contributed by atoms with van der Waals surface area (Å²) in [6, 6.07) is 21.8. The van der Waals surface area contributed by atoms with E-state index in [-0.39, 0.29) is 5.69 Å². The van der Waals surface area contributed by atoms with Crippen LogP contribution in [0.5, 0.6) is 0 Å². The molecule has 2 aromatic carbocycles. The van der Waals surface area contributed by atoms with Crippen LogP contribution in [0.3, 0.4) is 0 Å². The van der Waals surface area contributed by atoms with Gasteiger partial charge in [-0.15, -0.1) is 0 Å². The van der Waals surface area contributed by atoms with E-state index >= 15 is 0 Å². The quantitative estimate of drug-likeness (QED) is 0.429. The predicted molar refractivity (Wildman–Crippen MR) is 118 cm³/mol. The van der Waals surface area contributed by atoms with Crippen LogP contribution >= 0.6 is 0 Å². The summed E-state index contributed by atoms with van der Waals surface area (Å²) in [5, 5.41) is 0.656. The van der Waals surface area contributed by atoms with E-state index < -0.39 is 11.8 Å². The summed E-state index contributed by atoms with van der Waals surface area (Å²) in [5.41, 5.74) is 7.55. The van der Waals surface area contributed by atoms with Gasteiger partial charge in [-0.05, 0) is 36.4 Å². The molecule has 2 N–H and O–H groups in total. The van der Waals surface area contributed by atoms with E-state index in [2.05, 4.69) is 20.8 Å². The fourth-order valence-corrected chi connectivity index (χ4v) is 3.42. The summed E-state index contributed by atoms with van der Waals surface area (Å²) >= 11 is 0. The molecule has 3 aromatic heterocycles. The third kappa shape index (κ3) is 3.61. The number of nitrogens with one attached hydrogen (secondary N) is 2. The van der Waals surface area contributed by atoms with Crippen molar-refractivity contribution in [2.45, 2.75) is 0 Å². The van der Waals surface area contributed by atoms with E-state index in [0.29, 0.717) is 27.9 Å². The van der Waals surface area contributed by atoms with E-state index in [1.807, 2.05) is 48.5 Å². The summed E-state index contributed by atoms with van der Waals surface area (Å²) in [4.78, 5) is 34.4. The van der Waals surface area contributed by atoms with Crippen LogP contribution in [-0.4, -0.2) is 26.3 Å². The molecular formula is C24H17N5O3. The lowest BCUT2D eigenvalue weighted by atomic mass is 10.1. The smallest absolute Gasteiger partial charge is 0.288 e. The fourth-order valence-electron chi connectivity index (χ4n) is 3.42. The van der Waals surface area contributed by atoms with Crippen LogP contribution < -0.4 is 10.9 Å². The van der Waals surface area contributed by atoms with Crippen molar-refractivity contribution >= 4 is 22.7 Å². The number of fused-ring (bicyclic) bond motifs is 1. The van der Waals surface area contributed by atoms with Crippen molar-refractivity contribution in [1.29, 1.82) is 0 Å². The van der Waals surface area contributed by atoms with Crippen molar-refractivity contribution in [1.82, 2.24) is 25.4 Å². The van der Waals surface area contributed by atoms with Crippen LogP contribution in [0.4, 0.5) is 0 Å². The lowest BCUT2D eigenvalue weighted by molar-refractivity contribution is 0.0843. The van der Waals surface area contributed by atoms with Crippen molar-refractivity contribution in [3.63, 3.8) is 0 Å². The summed E-state index contributed by atoms with van der Waals surface area (Å²) in [5.74, 6) is -0.430. The molecule has 0 atom stereocenters.